The van der Waals surface area contributed by atoms with Crippen molar-refractivity contribution >= 4 is 28.9 Å². The van der Waals surface area contributed by atoms with Gasteiger partial charge in [0.25, 0.3) is 0 Å². The zero-order valence-electron chi connectivity index (χ0n) is 9.50. The molecule has 1 nitrogen and oxygen atoms in total. The van der Waals surface area contributed by atoms with E-state index >= 15 is 0 Å². The van der Waals surface area contributed by atoms with Crippen molar-refractivity contribution in [3.05, 3.63) is 63.6 Å². The molecule has 0 fully saturated rings. The highest BCUT2D eigenvalue weighted by Gasteiger charge is 2.04. The standard InChI is InChI=1S/C14H13Cl2N/c1-10-5-2-3-8-13(10)17-9-11-6-4-7-12(15)14(11)16/h2-8,17H,9H2,1H3. The Morgan fingerprint density at radius 2 is 1.76 bits per heavy atom. The Hall–Kier alpha value is -1.18. The molecule has 0 atom stereocenters. The van der Waals surface area contributed by atoms with Gasteiger partial charge in [-0.05, 0) is 30.2 Å². The molecule has 0 saturated carbocycles. The number of hydrogen-bond donors (Lipinski definition) is 1. The average molecular weight is 266 g/mol. The maximum absolute atomic E-state index is 6.13. The number of hydrogen-bond acceptors (Lipinski definition) is 1. The molecule has 2 rings (SSSR count). The molecule has 0 aromatic heterocycles. The van der Waals surface area contributed by atoms with Crippen molar-refractivity contribution < 1.29 is 0 Å². The molecule has 1 N–H and O–H groups in total. The van der Waals surface area contributed by atoms with Crippen molar-refractivity contribution in [1.29, 1.82) is 0 Å². The molecule has 88 valence electrons. The zero-order chi connectivity index (χ0) is 12.3. The van der Waals surface area contributed by atoms with Gasteiger partial charge in [-0.25, -0.2) is 0 Å². The summed E-state index contributed by atoms with van der Waals surface area (Å²) in [5, 5.41) is 4.57. The van der Waals surface area contributed by atoms with Crippen molar-refractivity contribution in [2.75, 3.05) is 5.32 Å². The highest BCUT2D eigenvalue weighted by molar-refractivity contribution is 6.42. The van der Waals surface area contributed by atoms with Crippen LogP contribution in [0.25, 0.3) is 0 Å². The van der Waals surface area contributed by atoms with Gasteiger partial charge < -0.3 is 5.32 Å². The van der Waals surface area contributed by atoms with Gasteiger partial charge in [-0.1, -0.05) is 53.5 Å². The van der Waals surface area contributed by atoms with Crippen LogP contribution < -0.4 is 5.32 Å². The van der Waals surface area contributed by atoms with Gasteiger partial charge in [0.1, 0.15) is 0 Å². The summed E-state index contributed by atoms with van der Waals surface area (Å²) in [6.07, 6.45) is 0. The summed E-state index contributed by atoms with van der Waals surface area (Å²) in [6.45, 7) is 2.74. The van der Waals surface area contributed by atoms with Gasteiger partial charge in [0.15, 0.2) is 0 Å². The number of rotatable bonds is 3. The Balaban J connectivity index is 2.13. The Bertz CT molecular complexity index is 523. The molecule has 0 spiro atoms. The first-order valence-corrected chi connectivity index (χ1v) is 6.16. The van der Waals surface area contributed by atoms with Gasteiger partial charge in [0.05, 0.1) is 10.0 Å². The Labute approximate surface area is 111 Å². The van der Waals surface area contributed by atoms with E-state index in [2.05, 4.69) is 18.3 Å². The van der Waals surface area contributed by atoms with Crippen LogP contribution in [0.3, 0.4) is 0 Å². The molecule has 3 heteroatoms. The second kappa shape index (κ2) is 5.44. The van der Waals surface area contributed by atoms with Gasteiger partial charge >= 0.3 is 0 Å². The van der Waals surface area contributed by atoms with Crippen LogP contribution in [0, 0.1) is 6.92 Å². The number of aryl methyl sites for hydroxylation is 1. The lowest BCUT2D eigenvalue weighted by molar-refractivity contribution is 1.14. The number of benzene rings is 2. The Morgan fingerprint density at radius 3 is 2.53 bits per heavy atom. The molecular weight excluding hydrogens is 253 g/mol. The molecule has 0 amide bonds. The van der Waals surface area contributed by atoms with E-state index < -0.39 is 0 Å². The highest BCUT2D eigenvalue weighted by Crippen LogP contribution is 2.26. The maximum atomic E-state index is 6.13. The normalized spacial score (nSPS) is 10.3. The smallest absolute Gasteiger partial charge is 0.0642 e. The fraction of sp³-hybridized carbons (Fsp3) is 0.143. The highest BCUT2D eigenvalue weighted by atomic mass is 35.5. The van der Waals surface area contributed by atoms with E-state index in [1.807, 2.05) is 30.3 Å². The monoisotopic (exact) mass is 265 g/mol. The average Bonchev–Trinajstić information content (AvgIpc) is 2.33. The number of anilines is 1. The number of nitrogens with one attached hydrogen (secondary N) is 1. The summed E-state index contributed by atoms with van der Waals surface area (Å²) >= 11 is 12.1. The lowest BCUT2D eigenvalue weighted by Gasteiger charge is -2.10. The number of halogens is 2. The van der Waals surface area contributed by atoms with Gasteiger partial charge in [-0.15, -0.1) is 0 Å². The van der Waals surface area contributed by atoms with Crippen molar-refractivity contribution in [2.24, 2.45) is 0 Å². The Morgan fingerprint density at radius 1 is 1.00 bits per heavy atom. The van der Waals surface area contributed by atoms with E-state index in [1.54, 1.807) is 6.07 Å². The number of para-hydroxylation sites is 1. The first-order valence-electron chi connectivity index (χ1n) is 5.41. The summed E-state index contributed by atoms with van der Waals surface area (Å²) in [5.74, 6) is 0. The van der Waals surface area contributed by atoms with Crippen LogP contribution in [-0.4, -0.2) is 0 Å². The molecular formula is C14H13Cl2N. The predicted molar refractivity (Wildman–Crippen MR) is 75.0 cm³/mol. The quantitative estimate of drug-likeness (QED) is 0.831. The summed E-state index contributed by atoms with van der Waals surface area (Å²) in [5.41, 5.74) is 3.33. The topological polar surface area (TPSA) is 12.0 Å². The molecule has 2 aromatic rings. The maximum Gasteiger partial charge on any atom is 0.0642 e. The van der Waals surface area contributed by atoms with Gasteiger partial charge in [-0.2, -0.15) is 0 Å². The van der Waals surface area contributed by atoms with Crippen LogP contribution in [-0.2, 0) is 6.54 Å². The molecule has 0 radical (unpaired) electrons. The zero-order valence-corrected chi connectivity index (χ0v) is 11.0. The van der Waals surface area contributed by atoms with Crippen LogP contribution in [0.2, 0.25) is 10.0 Å². The third-order valence-electron chi connectivity index (χ3n) is 2.65. The van der Waals surface area contributed by atoms with Crippen molar-refractivity contribution in [1.82, 2.24) is 0 Å². The lowest BCUT2D eigenvalue weighted by Crippen LogP contribution is -2.01. The van der Waals surface area contributed by atoms with E-state index in [0.29, 0.717) is 16.6 Å². The van der Waals surface area contributed by atoms with Crippen molar-refractivity contribution in [3.8, 4) is 0 Å². The minimum atomic E-state index is 0.593. The second-order valence-corrected chi connectivity index (χ2v) is 4.67. The van der Waals surface area contributed by atoms with Crippen LogP contribution >= 0.6 is 23.2 Å². The van der Waals surface area contributed by atoms with Crippen LogP contribution in [0.1, 0.15) is 11.1 Å². The van der Waals surface area contributed by atoms with Crippen LogP contribution in [0.5, 0.6) is 0 Å². The fourth-order valence-electron chi connectivity index (χ4n) is 1.65. The minimum Gasteiger partial charge on any atom is -0.381 e. The van der Waals surface area contributed by atoms with Gasteiger partial charge in [0, 0.05) is 12.2 Å². The molecule has 0 unspecified atom stereocenters. The summed E-state index contributed by atoms with van der Waals surface area (Å²) in [7, 11) is 0. The predicted octanol–water partition coefficient (Wildman–Crippen LogP) is 4.91. The van der Waals surface area contributed by atoms with E-state index in [0.717, 1.165) is 11.3 Å². The first kappa shape index (κ1) is 12.3. The van der Waals surface area contributed by atoms with Crippen molar-refractivity contribution in [2.45, 2.75) is 13.5 Å². The molecule has 0 aliphatic carbocycles. The molecule has 0 aliphatic rings. The minimum absolute atomic E-state index is 0.593. The van der Waals surface area contributed by atoms with E-state index in [9.17, 15) is 0 Å². The second-order valence-electron chi connectivity index (χ2n) is 3.88. The molecule has 0 bridgehead atoms. The Kier molecular flexibility index (Phi) is 3.93. The van der Waals surface area contributed by atoms with Gasteiger partial charge in [-0.3, -0.25) is 0 Å². The summed E-state index contributed by atoms with van der Waals surface area (Å²) in [6, 6.07) is 13.8. The van der Waals surface area contributed by atoms with E-state index in [4.69, 9.17) is 23.2 Å². The molecule has 0 aliphatic heterocycles. The summed E-state index contributed by atoms with van der Waals surface area (Å²) in [4.78, 5) is 0. The summed E-state index contributed by atoms with van der Waals surface area (Å²) < 4.78 is 0. The molecule has 2 aromatic carbocycles. The third kappa shape index (κ3) is 2.93. The van der Waals surface area contributed by atoms with E-state index in [-0.39, 0.29) is 0 Å². The molecule has 17 heavy (non-hydrogen) atoms. The largest absolute Gasteiger partial charge is 0.381 e. The van der Waals surface area contributed by atoms with Crippen LogP contribution in [0.4, 0.5) is 5.69 Å². The lowest BCUT2D eigenvalue weighted by atomic mass is 10.2. The molecule has 0 saturated heterocycles. The first-order chi connectivity index (χ1) is 8.18. The van der Waals surface area contributed by atoms with Crippen molar-refractivity contribution in [3.63, 3.8) is 0 Å². The third-order valence-corrected chi connectivity index (χ3v) is 3.50. The van der Waals surface area contributed by atoms with Crippen LogP contribution in [0.15, 0.2) is 42.5 Å². The SMILES string of the molecule is Cc1ccccc1NCc1cccc(Cl)c1Cl. The molecule has 0 heterocycles. The fourth-order valence-corrected chi connectivity index (χ4v) is 2.03. The van der Waals surface area contributed by atoms with E-state index in [1.165, 1.54) is 5.56 Å². The van der Waals surface area contributed by atoms with Gasteiger partial charge in [0.2, 0.25) is 0 Å².